The number of carboxylic acids is 1. The molecule has 0 aromatic heterocycles. The highest BCUT2D eigenvalue weighted by Gasteiger charge is 2.18. The van der Waals surface area contributed by atoms with E-state index in [1.165, 1.54) is 18.2 Å². The van der Waals surface area contributed by atoms with Crippen LogP contribution in [-0.4, -0.2) is 45.3 Å². The highest BCUT2D eigenvalue weighted by atomic mass is 32.2. The number of rotatable bonds is 11. The van der Waals surface area contributed by atoms with Gasteiger partial charge in [-0.15, -0.1) is 0 Å². The van der Waals surface area contributed by atoms with Crippen molar-refractivity contribution in [1.82, 2.24) is 4.72 Å². The van der Waals surface area contributed by atoms with Gasteiger partial charge in [-0.2, -0.15) is 0 Å². The van der Waals surface area contributed by atoms with Crippen LogP contribution in [0.3, 0.4) is 0 Å². The molecule has 0 fully saturated rings. The zero-order chi connectivity index (χ0) is 18.2. The third-order valence-corrected chi connectivity index (χ3v) is 4.62. The van der Waals surface area contributed by atoms with E-state index in [4.69, 9.17) is 4.74 Å². The Hall–Kier alpha value is -1.64. The lowest BCUT2D eigenvalue weighted by Crippen LogP contribution is -2.26. The van der Waals surface area contributed by atoms with Gasteiger partial charge < -0.3 is 15.2 Å². The smallest absolute Gasteiger partial charge is 0.337 e. The largest absolute Gasteiger partial charge is 0.478 e. The minimum absolute atomic E-state index is 0.0607. The van der Waals surface area contributed by atoms with Crippen molar-refractivity contribution in [2.24, 2.45) is 0 Å². The summed E-state index contributed by atoms with van der Waals surface area (Å²) in [5.41, 5.74) is 0.350. The maximum Gasteiger partial charge on any atom is 0.337 e. The number of carbonyl (C=O) groups is 1. The second-order valence-corrected chi connectivity index (χ2v) is 7.38. The van der Waals surface area contributed by atoms with Crippen LogP contribution in [0.25, 0.3) is 0 Å². The molecule has 8 heteroatoms. The van der Waals surface area contributed by atoms with Gasteiger partial charge in [-0.3, -0.25) is 0 Å². The zero-order valence-electron chi connectivity index (χ0n) is 14.3. The van der Waals surface area contributed by atoms with E-state index in [1.807, 2.05) is 20.8 Å². The molecular formula is C16H26N2O5S. The molecule has 1 aromatic carbocycles. The fraction of sp³-hybridized carbons (Fsp3) is 0.562. The molecule has 0 aliphatic carbocycles. The molecule has 24 heavy (non-hydrogen) atoms. The molecule has 0 heterocycles. The average Bonchev–Trinajstić information content (AvgIpc) is 2.51. The summed E-state index contributed by atoms with van der Waals surface area (Å²) in [5.74, 6) is -1.17. The summed E-state index contributed by atoms with van der Waals surface area (Å²) in [6.07, 6.45) is 1.47. The molecule has 0 unspecified atom stereocenters. The highest BCUT2D eigenvalue weighted by molar-refractivity contribution is 7.89. The Balaban J connectivity index is 2.80. The number of sulfonamides is 1. The predicted molar refractivity (Wildman–Crippen MR) is 93.1 cm³/mol. The Labute approximate surface area is 143 Å². The molecule has 0 radical (unpaired) electrons. The van der Waals surface area contributed by atoms with Gasteiger partial charge in [0.15, 0.2) is 0 Å². The normalized spacial score (nSPS) is 11.7. The first-order valence-electron chi connectivity index (χ1n) is 8.00. The summed E-state index contributed by atoms with van der Waals surface area (Å²) < 4.78 is 32.3. The van der Waals surface area contributed by atoms with Crippen LogP contribution in [0.5, 0.6) is 0 Å². The lowest BCUT2D eigenvalue weighted by molar-refractivity contribution is 0.0697. The van der Waals surface area contributed by atoms with Crippen LogP contribution in [0.15, 0.2) is 23.1 Å². The molecule has 0 amide bonds. The number of hydrogen-bond donors (Lipinski definition) is 3. The van der Waals surface area contributed by atoms with Gasteiger partial charge in [0.1, 0.15) is 0 Å². The Bertz CT molecular complexity index is 644. The maximum absolute atomic E-state index is 12.3. The van der Waals surface area contributed by atoms with Crippen molar-refractivity contribution in [3.8, 4) is 0 Å². The van der Waals surface area contributed by atoms with Crippen molar-refractivity contribution in [3.05, 3.63) is 23.8 Å². The van der Waals surface area contributed by atoms with E-state index in [2.05, 4.69) is 10.0 Å². The molecule has 0 saturated carbocycles. The van der Waals surface area contributed by atoms with Crippen LogP contribution in [0.4, 0.5) is 5.69 Å². The SMILES string of the molecule is CCCNc1ccc(S(=O)(=O)NCCCOC(C)C)cc1C(=O)O. The molecule has 7 nitrogen and oxygen atoms in total. The van der Waals surface area contributed by atoms with Gasteiger partial charge in [0.25, 0.3) is 0 Å². The van der Waals surface area contributed by atoms with Crippen LogP contribution >= 0.6 is 0 Å². The van der Waals surface area contributed by atoms with Crippen molar-refractivity contribution in [1.29, 1.82) is 0 Å². The van der Waals surface area contributed by atoms with E-state index in [0.717, 1.165) is 6.42 Å². The summed E-state index contributed by atoms with van der Waals surface area (Å²) in [6.45, 7) is 7.07. The summed E-state index contributed by atoms with van der Waals surface area (Å²) >= 11 is 0. The summed E-state index contributed by atoms with van der Waals surface area (Å²) in [5, 5.41) is 12.3. The second-order valence-electron chi connectivity index (χ2n) is 5.61. The Morgan fingerprint density at radius 1 is 1.29 bits per heavy atom. The van der Waals surface area contributed by atoms with Crippen molar-refractivity contribution < 1.29 is 23.1 Å². The number of carboxylic acid groups (broad SMARTS) is 1. The van der Waals surface area contributed by atoms with Gasteiger partial charge in [-0.1, -0.05) is 6.92 Å². The third kappa shape index (κ3) is 6.46. The monoisotopic (exact) mass is 358 g/mol. The van der Waals surface area contributed by atoms with Crippen LogP contribution in [0.2, 0.25) is 0 Å². The Kier molecular flexibility index (Phi) is 8.17. The number of benzene rings is 1. The van der Waals surface area contributed by atoms with Gasteiger partial charge in [-0.25, -0.2) is 17.9 Å². The molecule has 0 aliphatic heterocycles. The standard InChI is InChI=1S/C16H26N2O5S/c1-4-8-17-15-7-6-13(11-14(15)16(19)20)24(21,22)18-9-5-10-23-12(2)3/h6-7,11-12,17-18H,4-5,8-10H2,1-3H3,(H,19,20). The first kappa shape index (κ1) is 20.4. The zero-order valence-corrected chi connectivity index (χ0v) is 15.1. The number of anilines is 1. The van der Waals surface area contributed by atoms with Gasteiger partial charge in [0.05, 0.1) is 16.6 Å². The molecule has 0 spiro atoms. The molecule has 1 aromatic rings. The highest BCUT2D eigenvalue weighted by Crippen LogP contribution is 2.20. The van der Waals surface area contributed by atoms with E-state index in [9.17, 15) is 18.3 Å². The molecule has 0 bridgehead atoms. The molecule has 136 valence electrons. The minimum atomic E-state index is -3.75. The van der Waals surface area contributed by atoms with E-state index in [0.29, 0.717) is 25.3 Å². The van der Waals surface area contributed by atoms with Crippen molar-refractivity contribution in [2.75, 3.05) is 25.0 Å². The van der Waals surface area contributed by atoms with Crippen LogP contribution in [0, 0.1) is 0 Å². The van der Waals surface area contributed by atoms with Gasteiger partial charge in [-0.05, 0) is 44.9 Å². The molecule has 0 atom stereocenters. The fourth-order valence-electron chi connectivity index (χ4n) is 1.96. The lowest BCUT2D eigenvalue weighted by Gasteiger charge is -2.12. The minimum Gasteiger partial charge on any atom is -0.478 e. The maximum atomic E-state index is 12.3. The van der Waals surface area contributed by atoms with E-state index in [1.54, 1.807) is 0 Å². The third-order valence-electron chi connectivity index (χ3n) is 3.16. The Morgan fingerprint density at radius 3 is 2.58 bits per heavy atom. The molecule has 3 N–H and O–H groups in total. The van der Waals surface area contributed by atoms with Crippen molar-refractivity contribution >= 4 is 21.7 Å². The topological polar surface area (TPSA) is 105 Å². The number of aromatic carboxylic acids is 1. The molecule has 0 saturated heterocycles. The number of ether oxygens (including phenoxy) is 1. The van der Waals surface area contributed by atoms with E-state index < -0.39 is 16.0 Å². The quantitative estimate of drug-likeness (QED) is 0.524. The summed E-state index contributed by atoms with van der Waals surface area (Å²) in [6, 6.07) is 4.06. The first-order valence-corrected chi connectivity index (χ1v) is 9.48. The first-order chi connectivity index (χ1) is 11.3. The second kappa shape index (κ2) is 9.61. The van der Waals surface area contributed by atoms with Gasteiger partial charge in [0.2, 0.25) is 10.0 Å². The summed E-state index contributed by atoms with van der Waals surface area (Å²) in [4.78, 5) is 11.3. The van der Waals surface area contributed by atoms with Crippen LogP contribution < -0.4 is 10.0 Å². The molecular weight excluding hydrogens is 332 g/mol. The number of hydrogen-bond acceptors (Lipinski definition) is 5. The van der Waals surface area contributed by atoms with Crippen LogP contribution in [0.1, 0.15) is 44.0 Å². The predicted octanol–water partition coefficient (Wildman–Crippen LogP) is 2.30. The molecule has 1 rings (SSSR count). The average molecular weight is 358 g/mol. The van der Waals surface area contributed by atoms with Crippen LogP contribution in [-0.2, 0) is 14.8 Å². The van der Waals surface area contributed by atoms with E-state index >= 15 is 0 Å². The fourth-order valence-corrected chi connectivity index (χ4v) is 3.06. The lowest BCUT2D eigenvalue weighted by atomic mass is 10.2. The van der Waals surface area contributed by atoms with E-state index in [-0.39, 0.29) is 23.1 Å². The van der Waals surface area contributed by atoms with Crippen molar-refractivity contribution in [2.45, 2.75) is 44.6 Å². The summed E-state index contributed by atoms with van der Waals surface area (Å²) in [7, 11) is -3.75. The Morgan fingerprint density at radius 2 is 2.00 bits per heavy atom. The van der Waals surface area contributed by atoms with Gasteiger partial charge >= 0.3 is 5.97 Å². The van der Waals surface area contributed by atoms with Crippen molar-refractivity contribution in [3.63, 3.8) is 0 Å². The number of nitrogens with one attached hydrogen (secondary N) is 2. The van der Waals surface area contributed by atoms with Gasteiger partial charge in [0, 0.05) is 25.4 Å². The molecule has 0 aliphatic rings.